The number of nitrogens with zero attached hydrogens (tertiary/aromatic N) is 4. The van der Waals surface area contributed by atoms with E-state index in [1.54, 1.807) is 13.1 Å². The van der Waals surface area contributed by atoms with E-state index in [0.29, 0.717) is 0 Å². The first-order valence-corrected chi connectivity index (χ1v) is 14.0. The standard InChI is InChI=1S/C21H21FN6O8P2/c1-28-10-23-16-18(27-21(37(30,31)32)38(33,34)35)25-17(26-19(16)28)11-4-3-5-12(8-11)20(29)24-13-6-7-15(36-2)14(22)9-13/h3-10,21H,1-2H3,(H,24,29)(H,25,26,27)(H2,30,31,32)(H2,33,34,35). The minimum Gasteiger partial charge on any atom is -0.494 e. The Hall–Kier alpha value is -3.71. The van der Waals surface area contributed by atoms with E-state index in [2.05, 4.69) is 25.6 Å². The zero-order valence-electron chi connectivity index (χ0n) is 19.7. The second-order valence-corrected chi connectivity index (χ2v) is 11.8. The lowest BCUT2D eigenvalue weighted by Crippen LogP contribution is -2.21. The number of aromatic nitrogens is 4. The van der Waals surface area contributed by atoms with Crippen LogP contribution in [0.25, 0.3) is 22.6 Å². The topological polar surface area (TPSA) is 209 Å². The monoisotopic (exact) mass is 566 g/mol. The van der Waals surface area contributed by atoms with E-state index in [-0.39, 0.29) is 45.4 Å². The average Bonchev–Trinajstić information content (AvgIpc) is 3.22. The van der Waals surface area contributed by atoms with E-state index in [9.17, 15) is 37.9 Å². The highest BCUT2D eigenvalue weighted by Crippen LogP contribution is 2.59. The van der Waals surface area contributed by atoms with Crippen molar-refractivity contribution in [3.8, 4) is 17.1 Å². The number of carbonyl (C=O) groups excluding carboxylic acids is 1. The van der Waals surface area contributed by atoms with Gasteiger partial charge in [-0.3, -0.25) is 13.9 Å². The van der Waals surface area contributed by atoms with Crippen LogP contribution in [0, 0.1) is 5.82 Å². The molecule has 0 unspecified atom stereocenters. The van der Waals surface area contributed by atoms with Crippen LogP contribution in [0.15, 0.2) is 48.8 Å². The number of benzene rings is 2. The molecule has 0 saturated heterocycles. The fraction of sp³-hybridized carbons (Fsp3) is 0.143. The number of fused-ring (bicyclic) bond motifs is 1. The summed E-state index contributed by atoms with van der Waals surface area (Å²) in [6, 6.07) is 9.88. The molecule has 17 heteroatoms. The number of nitrogens with one attached hydrogen (secondary N) is 2. The number of halogens is 1. The molecule has 0 aliphatic carbocycles. The molecule has 0 saturated carbocycles. The van der Waals surface area contributed by atoms with E-state index >= 15 is 0 Å². The Kier molecular flexibility index (Phi) is 7.35. The number of ether oxygens (including phenoxy) is 1. The highest BCUT2D eigenvalue weighted by atomic mass is 31.2. The van der Waals surface area contributed by atoms with Crippen molar-refractivity contribution in [2.75, 3.05) is 17.7 Å². The normalized spacial score (nSPS) is 12.1. The number of amides is 1. The summed E-state index contributed by atoms with van der Waals surface area (Å²) >= 11 is 0. The van der Waals surface area contributed by atoms with Crippen LogP contribution in [0.3, 0.4) is 0 Å². The van der Waals surface area contributed by atoms with Crippen molar-refractivity contribution in [3.05, 3.63) is 60.2 Å². The molecule has 2 aromatic heterocycles. The van der Waals surface area contributed by atoms with Gasteiger partial charge in [0.25, 0.3) is 5.91 Å². The molecule has 4 rings (SSSR count). The minimum atomic E-state index is -5.34. The number of rotatable bonds is 8. The summed E-state index contributed by atoms with van der Waals surface area (Å²) in [6.45, 7) is 0. The zero-order valence-corrected chi connectivity index (χ0v) is 21.5. The van der Waals surface area contributed by atoms with Gasteiger partial charge in [0.05, 0.1) is 13.4 Å². The maximum absolute atomic E-state index is 14.0. The molecule has 200 valence electrons. The summed E-state index contributed by atoms with van der Waals surface area (Å²) in [4.78, 5) is 63.5. The predicted octanol–water partition coefficient (Wildman–Crippen LogP) is 2.48. The SMILES string of the molecule is COc1ccc(NC(=O)c2cccc(-c3nc(NC(P(=O)(O)O)P(=O)(O)O)c4ncn(C)c4n3)c2)cc1F. The molecule has 2 aromatic carbocycles. The number of hydrogen-bond acceptors (Lipinski definition) is 8. The van der Waals surface area contributed by atoms with Crippen molar-refractivity contribution < 1.29 is 42.6 Å². The summed E-state index contributed by atoms with van der Waals surface area (Å²) in [6.07, 6.45) is 1.33. The second-order valence-electron chi connectivity index (χ2n) is 8.00. The van der Waals surface area contributed by atoms with E-state index in [1.165, 1.54) is 48.3 Å². The number of anilines is 2. The Bertz CT molecular complexity index is 1610. The lowest BCUT2D eigenvalue weighted by molar-refractivity contribution is 0.102. The van der Waals surface area contributed by atoms with Gasteiger partial charge in [-0.2, -0.15) is 0 Å². The van der Waals surface area contributed by atoms with Gasteiger partial charge >= 0.3 is 15.2 Å². The van der Waals surface area contributed by atoms with E-state index < -0.39 is 32.4 Å². The van der Waals surface area contributed by atoms with E-state index in [0.717, 1.165) is 6.07 Å². The smallest absolute Gasteiger partial charge is 0.360 e. The molecule has 1 amide bonds. The molecule has 0 aliphatic rings. The van der Waals surface area contributed by atoms with Crippen LogP contribution in [0.4, 0.5) is 15.9 Å². The Morgan fingerprint density at radius 1 is 1.08 bits per heavy atom. The van der Waals surface area contributed by atoms with Crippen molar-refractivity contribution in [3.63, 3.8) is 0 Å². The number of aryl methyl sites for hydroxylation is 1. The number of methoxy groups -OCH3 is 1. The summed E-state index contributed by atoms with van der Waals surface area (Å²) < 4.78 is 43.9. The van der Waals surface area contributed by atoms with Gasteiger partial charge in [-0.15, -0.1) is 0 Å². The van der Waals surface area contributed by atoms with Gasteiger partial charge in [0.1, 0.15) is 5.52 Å². The van der Waals surface area contributed by atoms with Gasteiger partial charge in [-0.25, -0.2) is 19.3 Å². The Labute approximate surface area is 213 Å². The summed E-state index contributed by atoms with van der Waals surface area (Å²) in [7, 11) is -7.79. The van der Waals surface area contributed by atoms with E-state index in [1.807, 2.05) is 0 Å². The third-order valence-corrected chi connectivity index (χ3v) is 8.59. The summed E-state index contributed by atoms with van der Waals surface area (Å²) in [5, 5.41) is 4.69. The van der Waals surface area contributed by atoms with Crippen molar-refractivity contribution in [2.45, 2.75) is 5.52 Å². The Balaban J connectivity index is 1.72. The predicted molar refractivity (Wildman–Crippen MR) is 134 cm³/mol. The van der Waals surface area contributed by atoms with Crippen LogP contribution in [-0.2, 0) is 16.2 Å². The van der Waals surface area contributed by atoms with Gasteiger partial charge < -0.3 is 39.5 Å². The van der Waals surface area contributed by atoms with E-state index in [4.69, 9.17) is 4.74 Å². The lowest BCUT2D eigenvalue weighted by atomic mass is 10.1. The molecule has 14 nitrogen and oxygen atoms in total. The van der Waals surface area contributed by atoms with Crippen LogP contribution in [0.1, 0.15) is 10.4 Å². The first-order chi connectivity index (χ1) is 17.8. The highest BCUT2D eigenvalue weighted by Gasteiger charge is 2.44. The van der Waals surface area contributed by atoms with Crippen LogP contribution in [0.2, 0.25) is 0 Å². The first-order valence-electron chi connectivity index (χ1n) is 10.6. The molecule has 0 aliphatic heterocycles. The Morgan fingerprint density at radius 2 is 1.79 bits per heavy atom. The van der Waals surface area contributed by atoms with Crippen LogP contribution < -0.4 is 15.4 Å². The van der Waals surface area contributed by atoms with Gasteiger partial charge in [-0.1, -0.05) is 12.1 Å². The molecule has 0 fully saturated rings. The minimum absolute atomic E-state index is 0.00131. The Morgan fingerprint density at radius 3 is 2.42 bits per heavy atom. The first kappa shape index (κ1) is 27.3. The van der Waals surface area contributed by atoms with Gasteiger partial charge in [-0.05, 0) is 24.3 Å². The number of carbonyl (C=O) groups is 1. The fourth-order valence-corrected chi connectivity index (χ4v) is 5.62. The summed E-state index contributed by atoms with van der Waals surface area (Å²) in [5.74, 6) is -1.62. The molecule has 38 heavy (non-hydrogen) atoms. The van der Waals surface area contributed by atoms with Crippen molar-refractivity contribution in [1.82, 2.24) is 19.5 Å². The molecule has 0 atom stereocenters. The quantitative estimate of drug-likeness (QED) is 0.170. The van der Waals surface area contributed by atoms with Crippen molar-refractivity contribution in [2.24, 2.45) is 7.05 Å². The maximum Gasteiger partial charge on any atom is 0.360 e. The second kappa shape index (κ2) is 10.2. The third-order valence-electron chi connectivity index (χ3n) is 5.26. The van der Waals surface area contributed by atoms with Crippen LogP contribution in [-0.4, -0.2) is 57.6 Å². The number of hydrogen-bond donors (Lipinski definition) is 6. The molecule has 0 bridgehead atoms. The molecular weight excluding hydrogens is 545 g/mol. The highest BCUT2D eigenvalue weighted by molar-refractivity contribution is 7.71. The van der Waals surface area contributed by atoms with Crippen LogP contribution >= 0.6 is 15.2 Å². The number of imidazole rings is 1. The maximum atomic E-state index is 14.0. The summed E-state index contributed by atoms with van der Waals surface area (Å²) in [5.41, 5.74) is -1.79. The molecule has 0 radical (unpaired) electrons. The molecule has 4 aromatic rings. The van der Waals surface area contributed by atoms with Gasteiger partial charge in [0.15, 0.2) is 28.9 Å². The third kappa shape index (κ3) is 5.73. The molecule has 0 spiro atoms. The largest absolute Gasteiger partial charge is 0.494 e. The molecule has 6 N–H and O–H groups in total. The van der Waals surface area contributed by atoms with Gasteiger partial charge in [0.2, 0.25) is 5.52 Å². The van der Waals surface area contributed by atoms with Crippen LogP contribution in [0.5, 0.6) is 5.75 Å². The lowest BCUT2D eigenvalue weighted by Gasteiger charge is -2.21. The zero-order chi connectivity index (χ0) is 27.8. The molecule has 2 heterocycles. The molecular formula is C21H21FN6O8P2. The average molecular weight is 566 g/mol. The van der Waals surface area contributed by atoms with Crippen molar-refractivity contribution >= 4 is 43.8 Å². The van der Waals surface area contributed by atoms with Crippen molar-refractivity contribution in [1.29, 1.82) is 0 Å². The van der Waals surface area contributed by atoms with Gasteiger partial charge in [0, 0.05) is 29.9 Å². The fourth-order valence-electron chi connectivity index (χ4n) is 3.47.